The van der Waals surface area contributed by atoms with Crippen molar-refractivity contribution in [2.24, 2.45) is 15.9 Å². The van der Waals surface area contributed by atoms with Gasteiger partial charge in [0, 0.05) is 6.08 Å². The third-order valence-electron chi connectivity index (χ3n) is 2.25. The van der Waals surface area contributed by atoms with Gasteiger partial charge in [-0.25, -0.2) is 4.31 Å². The SMILES string of the molecule is NC1=CC(N)=NS(=O)(=O)N1Cc1ccccc1. The number of rotatable bonds is 2. The molecule has 17 heavy (non-hydrogen) atoms. The van der Waals surface area contributed by atoms with Gasteiger partial charge in [0.25, 0.3) is 0 Å². The molecular weight excluding hydrogens is 240 g/mol. The van der Waals surface area contributed by atoms with Crippen molar-refractivity contribution in [2.75, 3.05) is 0 Å². The van der Waals surface area contributed by atoms with Gasteiger partial charge < -0.3 is 11.5 Å². The maximum absolute atomic E-state index is 11.7. The first-order valence-corrected chi connectivity index (χ1v) is 6.28. The van der Waals surface area contributed by atoms with Crippen molar-refractivity contribution in [3.8, 4) is 0 Å². The standard InChI is InChI=1S/C10H12N4O2S/c11-9-6-10(12)14(17(15,16)13-9)7-8-4-2-1-3-5-8/h1-6H,7,12H2,(H2,11,13). The fourth-order valence-corrected chi connectivity index (χ4v) is 2.54. The Balaban J connectivity index is 2.31. The summed E-state index contributed by atoms with van der Waals surface area (Å²) >= 11 is 0. The number of hydrogen-bond acceptors (Lipinski definition) is 4. The van der Waals surface area contributed by atoms with Crippen molar-refractivity contribution in [1.82, 2.24) is 4.31 Å². The highest BCUT2D eigenvalue weighted by molar-refractivity contribution is 7.88. The van der Waals surface area contributed by atoms with Crippen LogP contribution >= 0.6 is 0 Å². The molecule has 0 bridgehead atoms. The predicted octanol–water partition coefficient (Wildman–Crippen LogP) is -0.0957. The van der Waals surface area contributed by atoms with Gasteiger partial charge in [0.15, 0.2) is 0 Å². The lowest BCUT2D eigenvalue weighted by Gasteiger charge is -2.24. The fourth-order valence-electron chi connectivity index (χ4n) is 1.49. The third-order valence-corrected chi connectivity index (χ3v) is 3.59. The Morgan fingerprint density at radius 3 is 2.41 bits per heavy atom. The van der Waals surface area contributed by atoms with E-state index in [-0.39, 0.29) is 18.2 Å². The van der Waals surface area contributed by atoms with Gasteiger partial charge in [0.05, 0.1) is 6.54 Å². The van der Waals surface area contributed by atoms with Crippen molar-refractivity contribution in [1.29, 1.82) is 0 Å². The van der Waals surface area contributed by atoms with Crippen LogP contribution in [0.1, 0.15) is 5.56 Å². The van der Waals surface area contributed by atoms with E-state index in [1.807, 2.05) is 30.3 Å². The van der Waals surface area contributed by atoms with Gasteiger partial charge in [-0.05, 0) is 5.56 Å². The predicted molar refractivity (Wildman–Crippen MR) is 64.8 cm³/mol. The summed E-state index contributed by atoms with van der Waals surface area (Å²) in [4.78, 5) is 0. The van der Waals surface area contributed by atoms with Gasteiger partial charge in [-0.1, -0.05) is 30.3 Å². The molecule has 1 heterocycles. The largest absolute Gasteiger partial charge is 0.384 e. The van der Waals surface area contributed by atoms with Crippen LogP contribution < -0.4 is 11.5 Å². The first-order chi connectivity index (χ1) is 7.99. The lowest BCUT2D eigenvalue weighted by Crippen LogP contribution is -2.37. The quantitative estimate of drug-likeness (QED) is 0.767. The van der Waals surface area contributed by atoms with Crippen LogP contribution in [0.4, 0.5) is 0 Å². The first-order valence-electron chi connectivity index (χ1n) is 4.88. The molecule has 7 heteroatoms. The second kappa shape index (κ2) is 4.10. The molecule has 0 radical (unpaired) electrons. The summed E-state index contributed by atoms with van der Waals surface area (Å²) in [6, 6.07) is 9.12. The zero-order valence-electron chi connectivity index (χ0n) is 8.95. The van der Waals surface area contributed by atoms with Crippen LogP contribution in [-0.2, 0) is 16.8 Å². The molecule has 0 saturated heterocycles. The molecule has 0 saturated carbocycles. The highest BCUT2D eigenvalue weighted by Gasteiger charge is 2.26. The van der Waals surface area contributed by atoms with Gasteiger partial charge in [-0.3, -0.25) is 0 Å². The van der Waals surface area contributed by atoms with Crippen LogP contribution in [0.2, 0.25) is 0 Å². The molecule has 0 fully saturated rings. The van der Waals surface area contributed by atoms with Crippen molar-refractivity contribution < 1.29 is 8.42 Å². The van der Waals surface area contributed by atoms with Crippen molar-refractivity contribution in [2.45, 2.75) is 6.54 Å². The van der Waals surface area contributed by atoms with E-state index in [0.717, 1.165) is 9.87 Å². The van der Waals surface area contributed by atoms with Crippen molar-refractivity contribution in [3.05, 3.63) is 47.8 Å². The summed E-state index contributed by atoms with van der Waals surface area (Å²) in [5.41, 5.74) is 11.8. The van der Waals surface area contributed by atoms with E-state index >= 15 is 0 Å². The Hall–Kier alpha value is -2.02. The fraction of sp³-hybridized carbons (Fsp3) is 0.100. The number of benzene rings is 1. The highest BCUT2D eigenvalue weighted by atomic mass is 32.2. The molecule has 1 aromatic carbocycles. The summed E-state index contributed by atoms with van der Waals surface area (Å²) in [6.45, 7) is 0.141. The average molecular weight is 252 g/mol. The Labute approximate surface area is 99.4 Å². The lowest BCUT2D eigenvalue weighted by atomic mass is 10.2. The van der Waals surface area contributed by atoms with Crippen LogP contribution in [0.15, 0.2) is 46.6 Å². The number of nitrogens with two attached hydrogens (primary N) is 2. The Morgan fingerprint density at radius 1 is 1.18 bits per heavy atom. The second-order valence-corrected chi connectivity index (χ2v) is 5.07. The molecule has 0 aliphatic carbocycles. The maximum Gasteiger partial charge on any atom is 0.348 e. The molecule has 1 aromatic rings. The summed E-state index contributed by atoms with van der Waals surface area (Å²) in [7, 11) is -3.82. The molecule has 0 atom stereocenters. The Morgan fingerprint density at radius 2 is 1.82 bits per heavy atom. The van der Waals surface area contributed by atoms with E-state index < -0.39 is 10.2 Å². The summed E-state index contributed by atoms with van der Waals surface area (Å²) < 4.78 is 27.9. The molecule has 0 unspecified atom stereocenters. The van der Waals surface area contributed by atoms with Gasteiger partial charge in [-0.15, -0.1) is 4.40 Å². The van der Waals surface area contributed by atoms with Crippen LogP contribution in [0.5, 0.6) is 0 Å². The zero-order valence-corrected chi connectivity index (χ0v) is 9.76. The van der Waals surface area contributed by atoms with Gasteiger partial charge in [0.2, 0.25) is 0 Å². The van der Waals surface area contributed by atoms with Crippen LogP contribution in [0.25, 0.3) is 0 Å². The van der Waals surface area contributed by atoms with Crippen LogP contribution in [0.3, 0.4) is 0 Å². The summed E-state index contributed by atoms with van der Waals surface area (Å²) in [6.07, 6.45) is 1.32. The maximum atomic E-state index is 11.7. The normalized spacial score (nSPS) is 18.5. The molecule has 1 aliphatic rings. The van der Waals surface area contributed by atoms with Gasteiger partial charge in [0.1, 0.15) is 11.7 Å². The second-order valence-electron chi connectivity index (χ2n) is 3.56. The smallest absolute Gasteiger partial charge is 0.348 e. The van der Waals surface area contributed by atoms with Crippen LogP contribution in [-0.4, -0.2) is 18.6 Å². The minimum Gasteiger partial charge on any atom is -0.384 e. The average Bonchev–Trinajstić information content (AvgIpc) is 2.24. The third kappa shape index (κ3) is 2.39. The minimum absolute atomic E-state index is 0.0707. The molecular formula is C10H12N4O2S. The van der Waals surface area contributed by atoms with E-state index in [4.69, 9.17) is 11.5 Å². The van der Waals surface area contributed by atoms with E-state index in [1.165, 1.54) is 6.08 Å². The van der Waals surface area contributed by atoms with Crippen molar-refractivity contribution >= 4 is 16.0 Å². The monoisotopic (exact) mass is 252 g/mol. The molecule has 4 N–H and O–H groups in total. The molecule has 0 amide bonds. The molecule has 2 rings (SSSR count). The zero-order chi connectivity index (χ0) is 12.5. The molecule has 6 nitrogen and oxygen atoms in total. The van der Waals surface area contributed by atoms with E-state index in [0.29, 0.717) is 0 Å². The summed E-state index contributed by atoms with van der Waals surface area (Å²) in [5, 5.41) is 0. The van der Waals surface area contributed by atoms with E-state index in [2.05, 4.69) is 4.40 Å². The van der Waals surface area contributed by atoms with Gasteiger partial charge in [-0.2, -0.15) is 8.42 Å². The Bertz CT molecular complexity index is 578. The molecule has 90 valence electrons. The number of nitrogens with zero attached hydrogens (tertiary/aromatic N) is 2. The Kier molecular flexibility index (Phi) is 2.76. The first kappa shape index (κ1) is 11.5. The number of hydrogen-bond donors (Lipinski definition) is 2. The van der Waals surface area contributed by atoms with E-state index in [9.17, 15) is 8.42 Å². The highest BCUT2D eigenvalue weighted by Crippen LogP contribution is 2.17. The molecule has 0 spiro atoms. The van der Waals surface area contributed by atoms with Crippen molar-refractivity contribution in [3.63, 3.8) is 0 Å². The minimum atomic E-state index is -3.82. The topological polar surface area (TPSA) is 102 Å². The lowest BCUT2D eigenvalue weighted by molar-refractivity contribution is 0.468. The molecule has 0 aromatic heterocycles. The molecule has 1 aliphatic heterocycles. The summed E-state index contributed by atoms with van der Waals surface area (Å²) in [5.74, 6) is -0.0341. The van der Waals surface area contributed by atoms with Gasteiger partial charge >= 0.3 is 10.2 Å². The van der Waals surface area contributed by atoms with Crippen LogP contribution in [0, 0.1) is 0 Å². The number of amidine groups is 1. The van der Waals surface area contributed by atoms with E-state index in [1.54, 1.807) is 0 Å².